The largest absolute Gasteiger partial charge is 0.348 e. The summed E-state index contributed by atoms with van der Waals surface area (Å²) in [7, 11) is 1.45. The highest BCUT2D eigenvalue weighted by Crippen LogP contribution is 2.45. The predicted octanol–water partition coefficient (Wildman–Crippen LogP) is 2.89. The van der Waals surface area contributed by atoms with Crippen molar-refractivity contribution in [3.8, 4) is 0 Å². The Balaban J connectivity index is 2.01. The summed E-state index contributed by atoms with van der Waals surface area (Å²) in [4.78, 5) is 27.6. The second kappa shape index (κ2) is 4.64. The fourth-order valence-electron chi connectivity index (χ4n) is 3.58. The maximum atomic E-state index is 13.2. The van der Waals surface area contributed by atoms with Crippen molar-refractivity contribution in [2.45, 2.75) is 12.3 Å². The van der Waals surface area contributed by atoms with Gasteiger partial charge in [-0.1, -0.05) is 49.0 Å². The molecule has 0 aliphatic carbocycles. The first-order chi connectivity index (χ1) is 11.1. The number of carbonyl (C=O) groups excluding carboxylic acids is 2. The van der Waals surface area contributed by atoms with Gasteiger partial charge in [0.15, 0.2) is 0 Å². The van der Waals surface area contributed by atoms with Crippen LogP contribution in [0, 0.1) is 0 Å². The quantitative estimate of drug-likeness (QED) is 0.814. The Morgan fingerprint density at radius 2 is 1.61 bits per heavy atom. The normalized spacial score (nSPS) is 22.5. The molecule has 4 nitrogen and oxygen atoms in total. The molecule has 0 N–H and O–H groups in total. The number of benzene rings is 2. The van der Waals surface area contributed by atoms with E-state index in [4.69, 9.17) is 4.74 Å². The van der Waals surface area contributed by atoms with Gasteiger partial charge in [-0.05, 0) is 17.2 Å². The van der Waals surface area contributed by atoms with E-state index < -0.39 is 5.72 Å². The molecule has 0 aromatic heterocycles. The van der Waals surface area contributed by atoms with Gasteiger partial charge in [-0.15, -0.1) is 0 Å². The molecule has 0 saturated heterocycles. The van der Waals surface area contributed by atoms with Crippen LogP contribution in [0.3, 0.4) is 0 Å². The lowest BCUT2D eigenvalue weighted by Gasteiger charge is -2.49. The van der Waals surface area contributed by atoms with Gasteiger partial charge in [0.25, 0.3) is 5.91 Å². The first-order valence-electron chi connectivity index (χ1n) is 7.40. The Bertz CT molecular complexity index is 870. The molecule has 2 aliphatic heterocycles. The van der Waals surface area contributed by atoms with Gasteiger partial charge in [0.1, 0.15) is 0 Å². The molecule has 1 atom stereocenters. The lowest BCUT2D eigenvalue weighted by molar-refractivity contribution is -0.0588. The minimum absolute atomic E-state index is 0.210. The number of fused-ring (bicyclic) bond motifs is 3. The van der Waals surface area contributed by atoms with Crippen molar-refractivity contribution in [3.63, 3.8) is 0 Å². The van der Waals surface area contributed by atoms with Crippen molar-refractivity contribution in [1.82, 2.24) is 4.90 Å². The Hall–Kier alpha value is -2.72. The average Bonchev–Trinajstić information content (AvgIpc) is 2.60. The molecule has 2 aromatic rings. The maximum Gasteiger partial charge on any atom is 0.257 e. The maximum absolute atomic E-state index is 13.2. The molecular weight excluding hydrogens is 290 g/mol. The molecule has 4 rings (SSSR count). The SMILES string of the molecule is C=C1c2ccccc2CN2C(=O)c3ccccc3C(=O)C12OC. The summed E-state index contributed by atoms with van der Waals surface area (Å²) < 4.78 is 5.65. The second-order valence-corrected chi connectivity index (χ2v) is 5.75. The average molecular weight is 305 g/mol. The third kappa shape index (κ3) is 1.58. The number of rotatable bonds is 1. The molecule has 1 amide bonds. The van der Waals surface area contributed by atoms with Gasteiger partial charge in [0.2, 0.25) is 11.5 Å². The van der Waals surface area contributed by atoms with Crippen molar-refractivity contribution >= 4 is 17.3 Å². The number of methoxy groups -OCH3 is 1. The van der Waals surface area contributed by atoms with E-state index >= 15 is 0 Å². The van der Waals surface area contributed by atoms with Gasteiger partial charge < -0.3 is 4.74 Å². The summed E-state index contributed by atoms with van der Waals surface area (Å²) in [6.07, 6.45) is 0. The lowest BCUT2D eigenvalue weighted by atomic mass is 9.78. The highest BCUT2D eigenvalue weighted by atomic mass is 16.5. The molecular formula is C19H15NO3. The summed E-state index contributed by atoms with van der Waals surface area (Å²) in [5.74, 6) is -0.451. The summed E-state index contributed by atoms with van der Waals surface area (Å²) in [6, 6.07) is 14.5. The van der Waals surface area contributed by atoms with Gasteiger partial charge in [-0.25, -0.2) is 0 Å². The van der Waals surface area contributed by atoms with Crippen molar-refractivity contribution in [1.29, 1.82) is 0 Å². The molecule has 4 heteroatoms. The van der Waals surface area contributed by atoms with Crippen LogP contribution < -0.4 is 0 Å². The summed E-state index contributed by atoms with van der Waals surface area (Å²) in [5.41, 5.74) is 1.68. The van der Waals surface area contributed by atoms with Crippen LogP contribution in [0.1, 0.15) is 31.8 Å². The predicted molar refractivity (Wildman–Crippen MR) is 85.9 cm³/mol. The zero-order chi connectivity index (χ0) is 16.2. The number of ketones is 1. The van der Waals surface area contributed by atoms with Crippen LogP contribution in [-0.2, 0) is 11.3 Å². The van der Waals surface area contributed by atoms with Crippen molar-refractivity contribution < 1.29 is 14.3 Å². The highest BCUT2D eigenvalue weighted by molar-refractivity contribution is 6.21. The van der Waals surface area contributed by atoms with Crippen LogP contribution in [0.4, 0.5) is 0 Å². The Morgan fingerprint density at radius 1 is 1.00 bits per heavy atom. The summed E-state index contributed by atoms with van der Waals surface area (Å²) >= 11 is 0. The van der Waals surface area contributed by atoms with Gasteiger partial charge in [-0.2, -0.15) is 0 Å². The standard InChI is InChI=1S/C19H15NO3/c1-12-14-8-4-3-7-13(14)11-20-18(22)16-10-6-5-9-15(16)17(21)19(12,20)23-2/h3-10H,1,11H2,2H3. The molecule has 0 fully saturated rings. The van der Waals surface area contributed by atoms with Crippen molar-refractivity contribution in [2.24, 2.45) is 0 Å². The van der Waals surface area contributed by atoms with Crippen molar-refractivity contribution in [3.05, 3.63) is 77.4 Å². The lowest BCUT2D eigenvalue weighted by Crippen LogP contribution is -2.63. The Kier molecular flexibility index (Phi) is 2.80. The van der Waals surface area contributed by atoms with E-state index in [0.29, 0.717) is 23.2 Å². The minimum atomic E-state index is -1.46. The Labute approximate surface area is 134 Å². The van der Waals surface area contributed by atoms with E-state index in [1.807, 2.05) is 24.3 Å². The van der Waals surface area contributed by atoms with Crippen LogP contribution in [0.5, 0.6) is 0 Å². The Morgan fingerprint density at radius 3 is 2.30 bits per heavy atom. The van der Waals surface area contributed by atoms with Crippen LogP contribution in [0.25, 0.3) is 5.57 Å². The first kappa shape index (κ1) is 13.9. The first-order valence-corrected chi connectivity index (χ1v) is 7.40. The van der Waals surface area contributed by atoms with E-state index in [-0.39, 0.29) is 11.7 Å². The smallest absolute Gasteiger partial charge is 0.257 e. The minimum Gasteiger partial charge on any atom is -0.348 e. The molecule has 114 valence electrons. The van der Waals surface area contributed by atoms with Gasteiger partial charge in [0.05, 0.1) is 12.1 Å². The third-order valence-electron chi connectivity index (χ3n) is 4.71. The van der Waals surface area contributed by atoms with E-state index in [0.717, 1.165) is 11.1 Å². The van der Waals surface area contributed by atoms with Gasteiger partial charge >= 0.3 is 0 Å². The van der Waals surface area contributed by atoms with Crippen LogP contribution in [0.15, 0.2) is 55.1 Å². The molecule has 1 unspecified atom stereocenters. The number of hydrogen-bond donors (Lipinski definition) is 0. The number of hydrogen-bond acceptors (Lipinski definition) is 3. The molecule has 2 aromatic carbocycles. The van der Waals surface area contributed by atoms with E-state index in [9.17, 15) is 9.59 Å². The molecule has 0 radical (unpaired) electrons. The van der Waals surface area contributed by atoms with E-state index in [1.165, 1.54) is 12.0 Å². The molecule has 23 heavy (non-hydrogen) atoms. The molecule has 2 heterocycles. The molecule has 2 aliphatic rings. The van der Waals surface area contributed by atoms with Gasteiger partial charge in [0, 0.05) is 18.2 Å². The number of Topliss-reactive ketones (excluding diaryl/α,β-unsaturated/α-hetero) is 1. The molecule has 0 spiro atoms. The number of carbonyl (C=O) groups is 2. The summed E-state index contributed by atoms with van der Waals surface area (Å²) in [6.45, 7) is 4.42. The van der Waals surface area contributed by atoms with Crippen LogP contribution in [0.2, 0.25) is 0 Å². The highest BCUT2D eigenvalue weighted by Gasteiger charge is 2.56. The van der Waals surface area contributed by atoms with Crippen LogP contribution in [-0.4, -0.2) is 29.4 Å². The van der Waals surface area contributed by atoms with Crippen molar-refractivity contribution in [2.75, 3.05) is 7.11 Å². The number of ether oxygens (including phenoxy) is 1. The second-order valence-electron chi connectivity index (χ2n) is 5.75. The third-order valence-corrected chi connectivity index (χ3v) is 4.71. The monoisotopic (exact) mass is 305 g/mol. The summed E-state index contributed by atoms with van der Waals surface area (Å²) in [5, 5.41) is 0. The fourth-order valence-corrected chi connectivity index (χ4v) is 3.58. The number of nitrogens with zero attached hydrogens (tertiary/aromatic N) is 1. The van der Waals surface area contributed by atoms with Gasteiger partial charge in [-0.3, -0.25) is 14.5 Å². The van der Waals surface area contributed by atoms with Crippen LogP contribution >= 0.6 is 0 Å². The topological polar surface area (TPSA) is 46.6 Å². The zero-order valence-corrected chi connectivity index (χ0v) is 12.7. The number of amides is 1. The molecule has 0 bridgehead atoms. The molecule has 0 saturated carbocycles. The van der Waals surface area contributed by atoms with E-state index in [2.05, 4.69) is 6.58 Å². The fraction of sp³-hybridized carbons (Fsp3) is 0.158. The zero-order valence-electron chi connectivity index (χ0n) is 12.7. The van der Waals surface area contributed by atoms with E-state index in [1.54, 1.807) is 24.3 Å².